The largest absolute Gasteiger partial charge is 0.350 e. The lowest BCUT2D eigenvalue weighted by Gasteiger charge is -2.08. The van der Waals surface area contributed by atoms with Crippen molar-refractivity contribution >= 4 is 5.91 Å². The molecule has 24 heavy (non-hydrogen) atoms. The lowest BCUT2D eigenvalue weighted by Crippen LogP contribution is -2.33. The van der Waals surface area contributed by atoms with E-state index < -0.39 is 0 Å². The molecule has 0 unspecified atom stereocenters. The second kappa shape index (κ2) is 6.86. The molecule has 0 aliphatic carbocycles. The van der Waals surface area contributed by atoms with Gasteiger partial charge in [0.1, 0.15) is 12.4 Å². The highest BCUT2D eigenvalue weighted by molar-refractivity contribution is 5.75. The summed E-state index contributed by atoms with van der Waals surface area (Å²) < 4.78 is 15.4. The van der Waals surface area contributed by atoms with Gasteiger partial charge in [-0.05, 0) is 29.8 Å². The fourth-order valence-corrected chi connectivity index (χ4v) is 2.07. The normalized spacial score (nSPS) is 10.5. The number of rotatable bonds is 5. The molecule has 3 rings (SSSR count). The van der Waals surface area contributed by atoms with Gasteiger partial charge in [0.15, 0.2) is 5.82 Å². The number of aromatic nitrogens is 4. The number of hydrogen-bond donors (Lipinski definition) is 1. The molecule has 0 atom stereocenters. The van der Waals surface area contributed by atoms with E-state index >= 15 is 0 Å². The van der Waals surface area contributed by atoms with Crippen LogP contribution >= 0.6 is 0 Å². The first-order chi connectivity index (χ1) is 11.6. The zero-order chi connectivity index (χ0) is 16.9. The van der Waals surface area contributed by atoms with Crippen molar-refractivity contribution in [1.82, 2.24) is 24.9 Å². The van der Waals surface area contributed by atoms with Crippen molar-refractivity contribution in [3.63, 3.8) is 0 Å². The Balaban J connectivity index is 1.66. The van der Waals surface area contributed by atoms with Gasteiger partial charge < -0.3 is 5.32 Å². The van der Waals surface area contributed by atoms with Gasteiger partial charge in [-0.2, -0.15) is 5.10 Å². The van der Waals surface area contributed by atoms with Gasteiger partial charge in [0.25, 0.3) is 5.56 Å². The van der Waals surface area contributed by atoms with Crippen LogP contribution in [-0.4, -0.2) is 25.5 Å². The van der Waals surface area contributed by atoms with Gasteiger partial charge in [0, 0.05) is 25.0 Å². The number of carbonyl (C=O) groups is 1. The minimum absolute atomic E-state index is 0.213. The molecule has 1 N–H and O–H groups in total. The number of nitrogens with one attached hydrogen (secondary N) is 1. The van der Waals surface area contributed by atoms with Gasteiger partial charge >= 0.3 is 0 Å². The van der Waals surface area contributed by atoms with Crippen LogP contribution in [0.3, 0.4) is 0 Å². The van der Waals surface area contributed by atoms with Crippen LogP contribution in [0.4, 0.5) is 4.39 Å². The van der Waals surface area contributed by atoms with Gasteiger partial charge in [-0.15, -0.1) is 5.10 Å². The summed E-state index contributed by atoms with van der Waals surface area (Å²) in [7, 11) is 0. The number of benzene rings is 1. The second-order valence-corrected chi connectivity index (χ2v) is 5.04. The van der Waals surface area contributed by atoms with Crippen LogP contribution in [0, 0.1) is 5.82 Å². The standard InChI is InChI=1S/C16H14FN5O2/c17-13-4-2-12(3-5-13)10-18-15(23)11-22-16(24)7-6-14(20-22)21-9-1-8-19-21/h1-9H,10-11H2,(H,18,23). The van der Waals surface area contributed by atoms with Crippen molar-refractivity contribution in [2.24, 2.45) is 0 Å². The highest BCUT2D eigenvalue weighted by Gasteiger charge is 2.08. The lowest BCUT2D eigenvalue weighted by molar-refractivity contribution is -0.122. The summed E-state index contributed by atoms with van der Waals surface area (Å²) in [6.07, 6.45) is 3.28. The van der Waals surface area contributed by atoms with E-state index in [2.05, 4.69) is 15.5 Å². The summed E-state index contributed by atoms with van der Waals surface area (Å²) in [4.78, 5) is 23.8. The predicted molar refractivity (Wildman–Crippen MR) is 83.9 cm³/mol. The minimum Gasteiger partial charge on any atom is -0.350 e. The van der Waals surface area contributed by atoms with E-state index in [0.717, 1.165) is 10.2 Å². The third kappa shape index (κ3) is 3.72. The third-order valence-corrected chi connectivity index (χ3v) is 3.29. The van der Waals surface area contributed by atoms with Crippen LogP contribution in [0.5, 0.6) is 0 Å². The Morgan fingerprint density at radius 2 is 1.96 bits per heavy atom. The fraction of sp³-hybridized carbons (Fsp3) is 0.125. The van der Waals surface area contributed by atoms with Crippen LogP contribution in [0.15, 0.2) is 59.7 Å². The molecule has 1 amide bonds. The van der Waals surface area contributed by atoms with Crippen LogP contribution in [-0.2, 0) is 17.9 Å². The molecule has 0 saturated heterocycles. The van der Waals surface area contributed by atoms with E-state index in [1.807, 2.05) is 0 Å². The van der Waals surface area contributed by atoms with E-state index in [9.17, 15) is 14.0 Å². The molecule has 122 valence electrons. The molecule has 2 aromatic heterocycles. The Bertz CT molecular complexity index is 888. The van der Waals surface area contributed by atoms with Gasteiger partial charge in [-0.25, -0.2) is 13.8 Å². The fourth-order valence-electron chi connectivity index (χ4n) is 2.07. The first-order valence-corrected chi connectivity index (χ1v) is 7.21. The van der Waals surface area contributed by atoms with Crippen LogP contribution in [0.25, 0.3) is 5.82 Å². The van der Waals surface area contributed by atoms with Gasteiger partial charge in [-0.1, -0.05) is 12.1 Å². The third-order valence-electron chi connectivity index (χ3n) is 3.29. The molecule has 0 bridgehead atoms. The average molecular weight is 327 g/mol. The summed E-state index contributed by atoms with van der Waals surface area (Å²) in [6, 6.07) is 10.4. The lowest BCUT2D eigenvalue weighted by atomic mass is 10.2. The summed E-state index contributed by atoms with van der Waals surface area (Å²) in [6.45, 7) is 0.0296. The number of hydrogen-bond acceptors (Lipinski definition) is 4. The minimum atomic E-state index is -0.386. The Morgan fingerprint density at radius 1 is 1.17 bits per heavy atom. The second-order valence-electron chi connectivity index (χ2n) is 5.04. The van der Waals surface area contributed by atoms with Crippen molar-refractivity contribution in [1.29, 1.82) is 0 Å². The van der Waals surface area contributed by atoms with E-state index in [0.29, 0.717) is 5.82 Å². The van der Waals surface area contributed by atoms with Crippen LogP contribution < -0.4 is 10.9 Å². The Labute approximate surface area is 136 Å². The van der Waals surface area contributed by atoms with Gasteiger partial charge in [-0.3, -0.25) is 9.59 Å². The SMILES string of the molecule is O=C(Cn1nc(-n2cccn2)ccc1=O)NCc1ccc(F)cc1. The predicted octanol–water partition coefficient (Wildman–Crippen LogP) is 0.884. The molecule has 7 nitrogen and oxygen atoms in total. The number of nitrogens with zero attached hydrogens (tertiary/aromatic N) is 4. The topological polar surface area (TPSA) is 81.8 Å². The van der Waals surface area contributed by atoms with Gasteiger partial charge in [0.2, 0.25) is 5.91 Å². The highest BCUT2D eigenvalue weighted by Crippen LogP contribution is 2.02. The van der Waals surface area contributed by atoms with Crippen LogP contribution in [0.2, 0.25) is 0 Å². The molecule has 0 saturated carbocycles. The molecule has 3 aromatic rings. The summed E-state index contributed by atoms with van der Waals surface area (Å²) >= 11 is 0. The van der Waals surface area contributed by atoms with Crippen LogP contribution in [0.1, 0.15) is 5.56 Å². The molecule has 0 radical (unpaired) electrons. The highest BCUT2D eigenvalue weighted by atomic mass is 19.1. The molecule has 0 aliphatic rings. The monoisotopic (exact) mass is 327 g/mol. The van der Waals surface area contributed by atoms with E-state index in [4.69, 9.17) is 0 Å². The van der Waals surface area contributed by atoms with Crippen molar-refractivity contribution in [3.8, 4) is 5.82 Å². The van der Waals surface area contributed by atoms with Crippen molar-refractivity contribution < 1.29 is 9.18 Å². The first kappa shape index (κ1) is 15.6. The number of amides is 1. The van der Waals surface area contributed by atoms with E-state index in [1.54, 1.807) is 30.6 Å². The molecule has 8 heteroatoms. The average Bonchev–Trinajstić information content (AvgIpc) is 3.11. The van der Waals surface area contributed by atoms with Gasteiger partial charge in [0.05, 0.1) is 0 Å². The molecule has 0 spiro atoms. The molecule has 0 fully saturated rings. The maximum absolute atomic E-state index is 12.8. The Morgan fingerprint density at radius 3 is 2.67 bits per heavy atom. The zero-order valence-electron chi connectivity index (χ0n) is 12.6. The molecular formula is C16H14FN5O2. The number of carbonyl (C=O) groups excluding carboxylic acids is 1. The smallest absolute Gasteiger partial charge is 0.267 e. The molecular weight excluding hydrogens is 313 g/mol. The molecule has 2 heterocycles. The first-order valence-electron chi connectivity index (χ1n) is 7.21. The van der Waals surface area contributed by atoms with Crippen molar-refractivity contribution in [2.75, 3.05) is 0 Å². The quantitative estimate of drug-likeness (QED) is 0.754. The maximum Gasteiger partial charge on any atom is 0.267 e. The van der Waals surface area contributed by atoms with Crippen molar-refractivity contribution in [3.05, 3.63) is 76.6 Å². The molecule has 0 aliphatic heterocycles. The summed E-state index contributed by atoms with van der Waals surface area (Å²) in [5.41, 5.74) is 0.373. The van der Waals surface area contributed by atoms with E-state index in [-0.39, 0.29) is 30.4 Å². The van der Waals surface area contributed by atoms with E-state index in [1.165, 1.54) is 28.9 Å². The molecule has 1 aromatic carbocycles. The maximum atomic E-state index is 12.8. The number of halogens is 1. The Kier molecular flexibility index (Phi) is 4.46. The summed E-state index contributed by atoms with van der Waals surface area (Å²) in [5.74, 6) is -0.270. The summed E-state index contributed by atoms with van der Waals surface area (Å²) in [5, 5.41) is 10.8. The Hall–Kier alpha value is -3.29. The van der Waals surface area contributed by atoms with Crippen molar-refractivity contribution in [2.45, 2.75) is 13.1 Å². The zero-order valence-corrected chi connectivity index (χ0v) is 12.6.